The molecule has 0 aromatic heterocycles. The molecule has 4 nitrogen and oxygen atoms in total. The minimum atomic E-state index is -0.493. The number of carbonyl (C=O) groups excluding carboxylic acids is 1. The average Bonchev–Trinajstić information content (AvgIpc) is 2.15. The Hall–Kier alpha value is -0.770. The van der Waals surface area contributed by atoms with Crippen molar-refractivity contribution in [3.63, 3.8) is 0 Å². The van der Waals surface area contributed by atoms with Crippen molar-refractivity contribution in [3.8, 4) is 0 Å². The van der Waals surface area contributed by atoms with Gasteiger partial charge in [0.25, 0.3) is 0 Å². The number of piperidine rings is 1. The molecule has 4 heteroatoms. The van der Waals surface area contributed by atoms with Gasteiger partial charge in [-0.2, -0.15) is 0 Å². The van der Waals surface area contributed by atoms with Gasteiger partial charge in [-0.25, -0.2) is 4.79 Å². The zero-order valence-corrected chi connectivity index (χ0v) is 10.7. The van der Waals surface area contributed by atoms with E-state index in [2.05, 4.69) is 0 Å². The zero-order valence-electron chi connectivity index (χ0n) is 10.7. The van der Waals surface area contributed by atoms with E-state index in [4.69, 9.17) is 4.74 Å². The second-order valence-corrected chi connectivity index (χ2v) is 5.48. The maximum atomic E-state index is 11.9. The molecular weight excluding hydrogens is 206 g/mol. The van der Waals surface area contributed by atoms with E-state index >= 15 is 0 Å². The molecule has 0 radical (unpaired) electrons. The lowest BCUT2D eigenvalue weighted by Gasteiger charge is -2.38. The minimum Gasteiger partial charge on any atom is -0.444 e. The van der Waals surface area contributed by atoms with Crippen LogP contribution in [0.3, 0.4) is 0 Å². The highest BCUT2D eigenvalue weighted by Gasteiger charge is 2.32. The summed E-state index contributed by atoms with van der Waals surface area (Å²) in [5, 5.41) is 9.65. The van der Waals surface area contributed by atoms with E-state index in [0.717, 1.165) is 19.3 Å². The number of rotatable bonds is 1. The Morgan fingerprint density at radius 2 is 2.06 bits per heavy atom. The smallest absolute Gasteiger partial charge is 0.410 e. The van der Waals surface area contributed by atoms with Crippen LogP contribution in [0.1, 0.15) is 47.0 Å². The number of likely N-dealkylation sites (tertiary alicyclic amines) is 1. The number of hydrogen-bond donors (Lipinski definition) is 1. The Kier molecular flexibility index (Phi) is 4.19. The highest BCUT2D eigenvalue weighted by molar-refractivity contribution is 5.68. The SMILES string of the molecule is CC(O)[C@H]1CCCCN1C(=O)OC(C)(C)C. The van der Waals surface area contributed by atoms with Gasteiger partial charge >= 0.3 is 6.09 Å². The van der Waals surface area contributed by atoms with Gasteiger partial charge in [0.2, 0.25) is 0 Å². The van der Waals surface area contributed by atoms with Crippen molar-refractivity contribution in [2.45, 2.75) is 64.7 Å². The quantitative estimate of drug-likeness (QED) is 0.749. The van der Waals surface area contributed by atoms with Gasteiger partial charge in [-0.1, -0.05) is 0 Å². The Bertz CT molecular complexity index is 245. The molecule has 1 unspecified atom stereocenters. The van der Waals surface area contributed by atoms with Crippen LogP contribution in [-0.4, -0.2) is 40.4 Å². The summed E-state index contributed by atoms with van der Waals surface area (Å²) >= 11 is 0. The lowest BCUT2D eigenvalue weighted by atomic mass is 9.99. The molecule has 1 rings (SSSR count). The van der Waals surface area contributed by atoms with Crippen LogP contribution in [0.25, 0.3) is 0 Å². The normalized spacial score (nSPS) is 24.1. The molecule has 1 saturated heterocycles. The van der Waals surface area contributed by atoms with Crippen LogP contribution in [0.2, 0.25) is 0 Å². The van der Waals surface area contributed by atoms with E-state index in [0.29, 0.717) is 6.54 Å². The van der Waals surface area contributed by atoms with Crippen molar-refractivity contribution >= 4 is 6.09 Å². The molecule has 0 aliphatic carbocycles. The molecule has 16 heavy (non-hydrogen) atoms. The molecule has 0 saturated carbocycles. The predicted molar refractivity (Wildman–Crippen MR) is 62.3 cm³/mol. The number of ether oxygens (including phenoxy) is 1. The van der Waals surface area contributed by atoms with Gasteiger partial charge in [-0.3, -0.25) is 0 Å². The molecule has 1 fully saturated rings. The van der Waals surface area contributed by atoms with Gasteiger partial charge < -0.3 is 14.7 Å². The van der Waals surface area contributed by atoms with Crippen LogP contribution in [0.15, 0.2) is 0 Å². The maximum absolute atomic E-state index is 11.9. The lowest BCUT2D eigenvalue weighted by molar-refractivity contribution is -0.0125. The summed E-state index contributed by atoms with van der Waals surface area (Å²) in [6.07, 6.45) is 2.11. The fourth-order valence-corrected chi connectivity index (χ4v) is 2.01. The number of carbonyl (C=O) groups is 1. The molecule has 1 N–H and O–H groups in total. The second-order valence-electron chi connectivity index (χ2n) is 5.48. The molecule has 0 aromatic rings. The van der Waals surface area contributed by atoms with Crippen molar-refractivity contribution in [3.05, 3.63) is 0 Å². The molecule has 2 atom stereocenters. The second kappa shape index (κ2) is 5.04. The summed E-state index contributed by atoms with van der Waals surface area (Å²) in [4.78, 5) is 13.6. The van der Waals surface area contributed by atoms with E-state index in [9.17, 15) is 9.90 Å². The lowest BCUT2D eigenvalue weighted by Crippen LogP contribution is -2.50. The summed E-state index contributed by atoms with van der Waals surface area (Å²) in [6, 6.07) is -0.0939. The Morgan fingerprint density at radius 1 is 1.44 bits per heavy atom. The largest absolute Gasteiger partial charge is 0.444 e. The summed E-state index contributed by atoms with van der Waals surface area (Å²) in [5.74, 6) is 0. The van der Waals surface area contributed by atoms with Crippen LogP contribution in [-0.2, 0) is 4.74 Å². The molecule has 1 heterocycles. The van der Waals surface area contributed by atoms with Crippen molar-refractivity contribution < 1.29 is 14.6 Å². The molecule has 1 amide bonds. The van der Waals surface area contributed by atoms with Crippen LogP contribution < -0.4 is 0 Å². The number of aliphatic hydroxyl groups is 1. The first-order valence-corrected chi connectivity index (χ1v) is 5.99. The van der Waals surface area contributed by atoms with Gasteiger partial charge in [-0.15, -0.1) is 0 Å². The van der Waals surface area contributed by atoms with Gasteiger partial charge in [0, 0.05) is 6.54 Å². The Labute approximate surface area is 97.6 Å². The molecule has 0 spiro atoms. The van der Waals surface area contributed by atoms with E-state index in [1.807, 2.05) is 20.8 Å². The fourth-order valence-electron chi connectivity index (χ4n) is 2.01. The van der Waals surface area contributed by atoms with Gasteiger partial charge in [0.05, 0.1) is 12.1 Å². The van der Waals surface area contributed by atoms with Crippen molar-refractivity contribution in [1.29, 1.82) is 0 Å². The van der Waals surface area contributed by atoms with E-state index < -0.39 is 11.7 Å². The highest BCUT2D eigenvalue weighted by atomic mass is 16.6. The first-order chi connectivity index (χ1) is 7.31. The van der Waals surface area contributed by atoms with E-state index in [1.54, 1.807) is 11.8 Å². The number of amides is 1. The Balaban J connectivity index is 2.64. The molecule has 0 bridgehead atoms. The first kappa shape index (κ1) is 13.3. The third kappa shape index (κ3) is 3.67. The summed E-state index contributed by atoms with van der Waals surface area (Å²) < 4.78 is 5.33. The fraction of sp³-hybridized carbons (Fsp3) is 0.917. The topological polar surface area (TPSA) is 49.8 Å². The zero-order chi connectivity index (χ0) is 12.3. The molecule has 1 aliphatic heterocycles. The van der Waals surface area contributed by atoms with Crippen molar-refractivity contribution in [2.75, 3.05) is 6.54 Å². The third-order valence-electron chi connectivity index (χ3n) is 2.73. The summed E-state index contributed by atoms with van der Waals surface area (Å²) in [7, 11) is 0. The van der Waals surface area contributed by atoms with E-state index in [1.165, 1.54) is 0 Å². The minimum absolute atomic E-state index is 0.0939. The maximum Gasteiger partial charge on any atom is 0.410 e. The van der Waals surface area contributed by atoms with E-state index in [-0.39, 0.29) is 12.1 Å². The number of aliphatic hydroxyl groups excluding tert-OH is 1. The van der Waals surface area contributed by atoms with Crippen LogP contribution in [0.5, 0.6) is 0 Å². The molecule has 1 aliphatic rings. The van der Waals surface area contributed by atoms with Crippen LogP contribution in [0, 0.1) is 0 Å². The monoisotopic (exact) mass is 229 g/mol. The van der Waals surface area contributed by atoms with Crippen molar-refractivity contribution in [1.82, 2.24) is 4.90 Å². The molecule has 94 valence electrons. The van der Waals surface area contributed by atoms with Crippen LogP contribution >= 0.6 is 0 Å². The number of hydrogen-bond acceptors (Lipinski definition) is 3. The average molecular weight is 229 g/mol. The van der Waals surface area contributed by atoms with Gasteiger partial charge in [-0.05, 0) is 47.0 Å². The third-order valence-corrected chi connectivity index (χ3v) is 2.73. The highest BCUT2D eigenvalue weighted by Crippen LogP contribution is 2.22. The van der Waals surface area contributed by atoms with Crippen LogP contribution in [0.4, 0.5) is 4.79 Å². The molecular formula is C12H23NO3. The van der Waals surface area contributed by atoms with Gasteiger partial charge in [0.1, 0.15) is 5.60 Å². The first-order valence-electron chi connectivity index (χ1n) is 5.99. The molecule has 0 aromatic carbocycles. The standard InChI is InChI=1S/C12H23NO3/c1-9(14)10-7-5-6-8-13(10)11(15)16-12(2,3)4/h9-10,14H,5-8H2,1-4H3/t9?,10-/m1/s1. The van der Waals surface area contributed by atoms with Gasteiger partial charge in [0.15, 0.2) is 0 Å². The van der Waals surface area contributed by atoms with Crippen molar-refractivity contribution in [2.24, 2.45) is 0 Å². The number of nitrogens with zero attached hydrogens (tertiary/aromatic N) is 1. The predicted octanol–water partition coefficient (Wildman–Crippen LogP) is 2.16. The Morgan fingerprint density at radius 3 is 2.56 bits per heavy atom. The summed E-state index contributed by atoms with van der Waals surface area (Å²) in [5.41, 5.74) is -0.474. The summed E-state index contributed by atoms with van der Waals surface area (Å²) in [6.45, 7) is 7.97.